The van der Waals surface area contributed by atoms with E-state index in [9.17, 15) is 22.8 Å². The van der Waals surface area contributed by atoms with Crippen molar-refractivity contribution in [1.29, 1.82) is 0 Å². The van der Waals surface area contributed by atoms with Crippen LogP contribution in [0.3, 0.4) is 0 Å². The summed E-state index contributed by atoms with van der Waals surface area (Å²) in [6.07, 6.45) is -4.41. The van der Waals surface area contributed by atoms with Crippen molar-refractivity contribution in [3.8, 4) is 0 Å². The molecular formula is C22H25F3N2O2S. The SMILES string of the molecule is Cc1ccc(NC(=O)CSCC(=O)NCC(C)(C)c2cccc(C(F)(F)F)c2)cc1. The molecule has 0 aliphatic heterocycles. The van der Waals surface area contributed by atoms with Crippen LogP contribution in [0.15, 0.2) is 48.5 Å². The van der Waals surface area contributed by atoms with Gasteiger partial charge in [0.05, 0.1) is 17.1 Å². The van der Waals surface area contributed by atoms with Gasteiger partial charge in [-0.05, 0) is 30.7 Å². The van der Waals surface area contributed by atoms with Crippen molar-refractivity contribution in [1.82, 2.24) is 5.32 Å². The predicted octanol–water partition coefficient (Wildman–Crippen LogP) is 4.78. The molecule has 0 atom stereocenters. The molecule has 2 rings (SSSR count). The van der Waals surface area contributed by atoms with Gasteiger partial charge in [-0.15, -0.1) is 11.8 Å². The molecule has 8 heteroatoms. The molecular weight excluding hydrogens is 413 g/mol. The summed E-state index contributed by atoms with van der Waals surface area (Å²) in [5, 5.41) is 5.49. The largest absolute Gasteiger partial charge is 0.416 e. The summed E-state index contributed by atoms with van der Waals surface area (Å²) in [6.45, 7) is 5.67. The van der Waals surface area contributed by atoms with Crippen LogP contribution >= 0.6 is 11.8 Å². The standard InChI is InChI=1S/C22H25F3N2O2S/c1-15-7-9-18(10-8-15)27-20(29)13-30-12-19(28)26-14-21(2,3)16-5-4-6-17(11-16)22(23,24)25/h4-11H,12-14H2,1-3H3,(H,26,28)(H,27,29). The van der Waals surface area contributed by atoms with Gasteiger partial charge in [-0.1, -0.05) is 49.7 Å². The quantitative estimate of drug-likeness (QED) is 0.624. The van der Waals surface area contributed by atoms with E-state index in [1.165, 1.54) is 17.8 Å². The lowest BCUT2D eigenvalue weighted by Gasteiger charge is -2.26. The minimum Gasteiger partial charge on any atom is -0.355 e. The zero-order valence-corrected chi connectivity index (χ0v) is 17.9. The van der Waals surface area contributed by atoms with E-state index in [4.69, 9.17) is 0 Å². The number of hydrogen-bond donors (Lipinski definition) is 2. The third kappa shape index (κ3) is 7.40. The van der Waals surface area contributed by atoms with Gasteiger partial charge in [0.15, 0.2) is 0 Å². The number of rotatable bonds is 8. The minimum atomic E-state index is -4.41. The number of thioether (sulfide) groups is 1. The Bertz CT molecular complexity index is 881. The Labute approximate surface area is 178 Å². The highest BCUT2D eigenvalue weighted by Gasteiger charge is 2.32. The van der Waals surface area contributed by atoms with E-state index in [1.54, 1.807) is 32.0 Å². The maximum absolute atomic E-state index is 12.9. The summed E-state index contributed by atoms with van der Waals surface area (Å²) >= 11 is 1.17. The summed E-state index contributed by atoms with van der Waals surface area (Å²) < 4.78 is 38.8. The summed E-state index contributed by atoms with van der Waals surface area (Å²) in [5.74, 6) is -0.276. The highest BCUT2D eigenvalue weighted by molar-refractivity contribution is 8.00. The predicted molar refractivity (Wildman–Crippen MR) is 115 cm³/mol. The normalized spacial score (nSPS) is 11.8. The zero-order chi connectivity index (χ0) is 22.4. The molecule has 0 radical (unpaired) electrons. The van der Waals surface area contributed by atoms with Crippen molar-refractivity contribution in [2.45, 2.75) is 32.4 Å². The van der Waals surface area contributed by atoms with E-state index in [0.29, 0.717) is 11.3 Å². The van der Waals surface area contributed by atoms with Crippen molar-refractivity contribution in [2.75, 3.05) is 23.4 Å². The van der Waals surface area contributed by atoms with Crippen LogP contribution in [-0.4, -0.2) is 29.9 Å². The van der Waals surface area contributed by atoms with Gasteiger partial charge < -0.3 is 10.6 Å². The highest BCUT2D eigenvalue weighted by atomic mass is 32.2. The van der Waals surface area contributed by atoms with Crippen molar-refractivity contribution in [3.63, 3.8) is 0 Å². The van der Waals surface area contributed by atoms with Crippen molar-refractivity contribution >= 4 is 29.3 Å². The summed E-state index contributed by atoms with van der Waals surface area (Å²) in [4.78, 5) is 24.0. The van der Waals surface area contributed by atoms with Crippen molar-refractivity contribution < 1.29 is 22.8 Å². The average Bonchev–Trinajstić information content (AvgIpc) is 2.68. The number of anilines is 1. The van der Waals surface area contributed by atoms with Gasteiger partial charge in [-0.3, -0.25) is 9.59 Å². The lowest BCUT2D eigenvalue weighted by molar-refractivity contribution is -0.137. The molecule has 2 aromatic carbocycles. The maximum atomic E-state index is 12.9. The Hall–Kier alpha value is -2.48. The Morgan fingerprint density at radius 3 is 2.17 bits per heavy atom. The van der Waals surface area contributed by atoms with E-state index in [0.717, 1.165) is 17.7 Å². The maximum Gasteiger partial charge on any atom is 0.416 e. The number of carbonyl (C=O) groups excluding carboxylic acids is 2. The van der Waals surface area contributed by atoms with Gasteiger partial charge in [0.1, 0.15) is 0 Å². The van der Waals surface area contributed by atoms with E-state index < -0.39 is 17.2 Å². The molecule has 0 fully saturated rings. The number of aryl methyl sites for hydroxylation is 1. The lowest BCUT2D eigenvalue weighted by atomic mass is 9.83. The third-order valence-corrected chi connectivity index (χ3v) is 5.43. The molecule has 0 unspecified atom stereocenters. The average molecular weight is 439 g/mol. The van der Waals surface area contributed by atoms with Crippen molar-refractivity contribution in [3.05, 3.63) is 65.2 Å². The van der Waals surface area contributed by atoms with Gasteiger partial charge >= 0.3 is 6.18 Å². The van der Waals surface area contributed by atoms with Gasteiger partial charge in [0, 0.05) is 17.6 Å². The highest BCUT2D eigenvalue weighted by Crippen LogP contribution is 2.32. The second-order valence-corrected chi connectivity index (χ2v) is 8.63. The van der Waals surface area contributed by atoms with Crippen LogP contribution in [0.2, 0.25) is 0 Å². The molecule has 0 spiro atoms. The van der Waals surface area contributed by atoms with Crippen LogP contribution in [0.1, 0.15) is 30.5 Å². The molecule has 0 aliphatic carbocycles. The molecule has 0 saturated heterocycles. The van der Waals surface area contributed by atoms with E-state index in [-0.39, 0.29) is 29.9 Å². The number of benzene rings is 2. The molecule has 4 nitrogen and oxygen atoms in total. The van der Waals surface area contributed by atoms with Gasteiger partial charge in [-0.2, -0.15) is 13.2 Å². The molecule has 0 heterocycles. The molecule has 162 valence electrons. The van der Waals surface area contributed by atoms with Crippen LogP contribution in [0.4, 0.5) is 18.9 Å². The monoisotopic (exact) mass is 438 g/mol. The minimum absolute atomic E-state index is 0.0833. The Morgan fingerprint density at radius 1 is 0.933 bits per heavy atom. The molecule has 30 heavy (non-hydrogen) atoms. The zero-order valence-electron chi connectivity index (χ0n) is 17.1. The van der Waals surface area contributed by atoms with E-state index >= 15 is 0 Å². The fourth-order valence-electron chi connectivity index (χ4n) is 2.66. The van der Waals surface area contributed by atoms with Gasteiger partial charge in [0.25, 0.3) is 0 Å². The van der Waals surface area contributed by atoms with Gasteiger partial charge in [-0.25, -0.2) is 0 Å². The summed E-state index contributed by atoms with van der Waals surface area (Å²) in [7, 11) is 0. The molecule has 2 aromatic rings. The van der Waals surface area contributed by atoms with Gasteiger partial charge in [0.2, 0.25) is 11.8 Å². The third-order valence-electron chi connectivity index (χ3n) is 4.50. The topological polar surface area (TPSA) is 58.2 Å². The molecule has 0 bridgehead atoms. The van der Waals surface area contributed by atoms with E-state index in [1.807, 2.05) is 19.1 Å². The number of carbonyl (C=O) groups is 2. The summed E-state index contributed by atoms with van der Waals surface area (Å²) in [5.41, 5.74) is 0.882. The van der Waals surface area contributed by atoms with Crippen LogP contribution < -0.4 is 10.6 Å². The number of hydrogen-bond acceptors (Lipinski definition) is 3. The number of alkyl halides is 3. The fraction of sp³-hybridized carbons (Fsp3) is 0.364. The molecule has 2 amide bonds. The second-order valence-electron chi connectivity index (χ2n) is 7.65. The fourth-order valence-corrected chi connectivity index (χ4v) is 3.31. The Balaban J connectivity index is 1.78. The second kappa shape index (κ2) is 10.0. The van der Waals surface area contributed by atoms with E-state index in [2.05, 4.69) is 10.6 Å². The first-order valence-electron chi connectivity index (χ1n) is 9.36. The molecule has 0 saturated carbocycles. The first-order valence-corrected chi connectivity index (χ1v) is 10.5. The number of halogens is 3. The Kier molecular flexibility index (Phi) is 7.95. The lowest BCUT2D eigenvalue weighted by Crippen LogP contribution is -2.37. The molecule has 0 aliphatic rings. The van der Waals surface area contributed by atoms with Crippen LogP contribution in [0, 0.1) is 6.92 Å². The Morgan fingerprint density at radius 2 is 1.53 bits per heavy atom. The van der Waals surface area contributed by atoms with Crippen LogP contribution in [0.25, 0.3) is 0 Å². The van der Waals surface area contributed by atoms with Crippen molar-refractivity contribution in [2.24, 2.45) is 0 Å². The first kappa shape index (κ1) is 23.8. The molecule has 2 N–H and O–H groups in total. The number of nitrogens with one attached hydrogen (secondary N) is 2. The summed E-state index contributed by atoms with van der Waals surface area (Å²) in [6, 6.07) is 12.5. The van der Waals surface area contributed by atoms with Crippen LogP contribution in [-0.2, 0) is 21.2 Å². The smallest absolute Gasteiger partial charge is 0.355 e. The first-order chi connectivity index (χ1) is 14.0. The number of amides is 2. The molecule has 0 aromatic heterocycles. The van der Waals surface area contributed by atoms with Crippen LogP contribution in [0.5, 0.6) is 0 Å².